The van der Waals surface area contributed by atoms with Gasteiger partial charge in [0.25, 0.3) is 0 Å². The molecule has 1 aromatic heterocycles. The Morgan fingerprint density at radius 3 is 2.93 bits per heavy atom. The van der Waals surface area contributed by atoms with Crippen molar-refractivity contribution in [1.29, 1.82) is 0 Å². The van der Waals surface area contributed by atoms with Crippen LogP contribution in [-0.2, 0) is 0 Å². The van der Waals surface area contributed by atoms with Crippen LogP contribution >= 0.6 is 11.6 Å². The summed E-state index contributed by atoms with van der Waals surface area (Å²) in [6.07, 6.45) is 1.32. The molecule has 0 aliphatic heterocycles. The summed E-state index contributed by atoms with van der Waals surface area (Å²) in [7, 11) is 1.61. The summed E-state index contributed by atoms with van der Waals surface area (Å²) in [4.78, 5) is 4.19. The molecule has 78 valence electrons. The maximum Gasteiger partial charge on any atom is 0.242 e. The van der Waals surface area contributed by atoms with Gasteiger partial charge in [0.15, 0.2) is 0 Å². The van der Waals surface area contributed by atoms with E-state index in [0.717, 1.165) is 4.73 Å². The quantitative estimate of drug-likeness (QED) is 0.337. The second-order valence-corrected chi connectivity index (χ2v) is 3.61. The summed E-state index contributed by atoms with van der Waals surface area (Å²) in [5.41, 5.74) is 0.984. The third-order valence-electron chi connectivity index (χ3n) is 2.00. The molecule has 1 heterocycles. The number of rotatable bonds is 1. The van der Waals surface area contributed by atoms with Crippen molar-refractivity contribution in [3.05, 3.63) is 34.6 Å². The van der Waals surface area contributed by atoms with Crippen LogP contribution in [0.25, 0.3) is 11.0 Å². The lowest BCUT2D eigenvalue weighted by Gasteiger charge is -2.10. The van der Waals surface area contributed by atoms with Gasteiger partial charge in [-0.1, -0.05) is 11.6 Å². The number of hydrogen-bond donors (Lipinski definition) is 1. The van der Waals surface area contributed by atoms with Crippen LogP contribution < -0.4 is 15.6 Å². The lowest BCUT2D eigenvalue weighted by molar-refractivity contribution is -0.576. The van der Waals surface area contributed by atoms with Crippen molar-refractivity contribution in [2.45, 2.75) is 0 Å². The standard InChI is InChI=1S/C9H9ClN4O/c1-13(11)9-5-14(15)8-3-2-6(10)4-7(8)12-9/h2-5H,11H2,1H3. The molecular weight excluding hydrogens is 216 g/mol. The zero-order chi connectivity index (χ0) is 11.0. The van der Waals surface area contributed by atoms with Gasteiger partial charge in [-0.25, -0.2) is 10.8 Å². The van der Waals surface area contributed by atoms with Gasteiger partial charge in [-0.15, -0.1) is 0 Å². The number of nitrogens with zero attached hydrogens (tertiary/aromatic N) is 3. The molecule has 2 rings (SSSR count). The van der Waals surface area contributed by atoms with Crippen LogP contribution in [-0.4, -0.2) is 12.0 Å². The molecule has 0 spiro atoms. The van der Waals surface area contributed by atoms with Crippen molar-refractivity contribution in [2.24, 2.45) is 5.84 Å². The van der Waals surface area contributed by atoms with Crippen LogP contribution in [0.15, 0.2) is 24.4 Å². The fraction of sp³-hybridized carbons (Fsp3) is 0.111. The van der Waals surface area contributed by atoms with Crippen LogP contribution in [0, 0.1) is 5.21 Å². The first-order valence-electron chi connectivity index (χ1n) is 4.26. The molecule has 0 aliphatic rings. The Bertz CT molecular complexity index is 515. The van der Waals surface area contributed by atoms with Crippen LogP contribution in [0.3, 0.4) is 0 Å². The number of hydrogen-bond acceptors (Lipinski definition) is 4. The van der Waals surface area contributed by atoms with E-state index in [1.54, 1.807) is 25.2 Å². The van der Waals surface area contributed by atoms with E-state index >= 15 is 0 Å². The van der Waals surface area contributed by atoms with Gasteiger partial charge in [-0.2, -0.15) is 4.73 Å². The number of benzene rings is 1. The van der Waals surface area contributed by atoms with Crippen molar-refractivity contribution in [1.82, 2.24) is 4.98 Å². The first-order valence-corrected chi connectivity index (χ1v) is 4.63. The highest BCUT2D eigenvalue weighted by molar-refractivity contribution is 6.31. The Labute approximate surface area is 91.2 Å². The summed E-state index contributed by atoms with van der Waals surface area (Å²) in [5.74, 6) is 5.89. The smallest absolute Gasteiger partial charge is 0.242 e. The maximum absolute atomic E-state index is 11.6. The fourth-order valence-electron chi connectivity index (χ4n) is 1.27. The Kier molecular flexibility index (Phi) is 2.34. The van der Waals surface area contributed by atoms with Gasteiger partial charge in [0.05, 0.1) is 0 Å². The largest absolute Gasteiger partial charge is 0.618 e. The Morgan fingerprint density at radius 2 is 2.27 bits per heavy atom. The molecule has 0 radical (unpaired) electrons. The molecule has 0 aliphatic carbocycles. The highest BCUT2D eigenvalue weighted by Gasteiger charge is 2.10. The summed E-state index contributed by atoms with van der Waals surface area (Å²) in [6.45, 7) is 0. The van der Waals surface area contributed by atoms with Gasteiger partial charge in [-0.05, 0) is 12.1 Å². The van der Waals surface area contributed by atoms with Crippen LogP contribution in [0.4, 0.5) is 5.82 Å². The summed E-state index contributed by atoms with van der Waals surface area (Å²) < 4.78 is 0.720. The van der Waals surface area contributed by atoms with Gasteiger partial charge in [-0.3, -0.25) is 5.01 Å². The lowest BCUT2D eigenvalue weighted by Crippen LogP contribution is -2.33. The molecular formula is C9H9ClN4O. The minimum absolute atomic E-state index is 0.389. The molecule has 15 heavy (non-hydrogen) atoms. The summed E-state index contributed by atoms with van der Waals surface area (Å²) in [6, 6.07) is 4.89. The zero-order valence-electron chi connectivity index (χ0n) is 8.01. The van der Waals surface area contributed by atoms with Gasteiger partial charge in [0, 0.05) is 18.1 Å². The number of aromatic nitrogens is 2. The van der Waals surface area contributed by atoms with Crippen molar-refractivity contribution >= 4 is 28.5 Å². The van der Waals surface area contributed by atoms with Gasteiger partial charge in [0.1, 0.15) is 5.52 Å². The SMILES string of the molecule is CN(N)c1c[n+]([O-])c2ccc(Cl)cc2n1. The minimum atomic E-state index is 0.389. The van der Waals surface area contributed by atoms with E-state index in [4.69, 9.17) is 17.4 Å². The van der Waals surface area contributed by atoms with Crippen molar-refractivity contribution in [3.8, 4) is 0 Å². The first-order chi connectivity index (χ1) is 7.08. The molecule has 2 N–H and O–H groups in total. The van der Waals surface area contributed by atoms with Gasteiger partial charge < -0.3 is 5.21 Å². The maximum atomic E-state index is 11.6. The summed E-state index contributed by atoms with van der Waals surface area (Å²) >= 11 is 5.81. The second kappa shape index (κ2) is 3.52. The third-order valence-corrected chi connectivity index (χ3v) is 2.24. The summed E-state index contributed by atoms with van der Waals surface area (Å²) in [5, 5.41) is 13.4. The Balaban J connectivity index is 2.74. The predicted molar refractivity (Wildman–Crippen MR) is 58.3 cm³/mol. The number of halogens is 1. The van der Waals surface area contributed by atoms with E-state index in [-0.39, 0.29) is 0 Å². The normalized spacial score (nSPS) is 10.6. The van der Waals surface area contributed by atoms with E-state index in [2.05, 4.69) is 4.98 Å². The van der Waals surface area contributed by atoms with E-state index < -0.39 is 0 Å². The van der Waals surface area contributed by atoms with E-state index in [1.165, 1.54) is 11.2 Å². The molecule has 0 bridgehead atoms. The molecule has 1 aromatic carbocycles. The molecule has 2 aromatic rings. The van der Waals surface area contributed by atoms with Gasteiger partial charge >= 0.3 is 0 Å². The molecule has 0 atom stereocenters. The zero-order valence-corrected chi connectivity index (χ0v) is 8.77. The third kappa shape index (κ3) is 1.79. The molecule has 0 unspecified atom stereocenters. The number of fused-ring (bicyclic) bond motifs is 1. The Morgan fingerprint density at radius 1 is 1.53 bits per heavy atom. The topological polar surface area (TPSA) is 69.1 Å². The number of nitrogens with two attached hydrogens (primary N) is 1. The van der Waals surface area contributed by atoms with Crippen molar-refractivity contribution in [2.75, 3.05) is 12.1 Å². The van der Waals surface area contributed by atoms with Gasteiger partial charge in [0.2, 0.25) is 17.5 Å². The molecule has 5 nitrogen and oxygen atoms in total. The van der Waals surface area contributed by atoms with Crippen LogP contribution in [0.2, 0.25) is 5.02 Å². The molecule has 0 saturated carbocycles. The predicted octanol–water partition coefficient (Wildman–Crippen LogP) is 0.832. The van der Waals surface area contributed by atoms with E-state index in [0.29, 0.717) is 21.9 Å². The average Bonchev–Trinajstić information content (AvgIpc) is 2.16. The second-order valence-electron chi connectivity index (χ2n) is 3.17. The first kappa shape index (κ1) is 9.95. The average molecular weight is 225 g/mol. The minimum Gasteiger partial charge on any atom is -0.618 e. The Hall–Kier alpha value is -1.59. The van der Waals surface area contributed by atoms with E-state index in [1.807, 2.05) is 0 Å². The van der Waals surface area contributed by atoms with Crippen molar-refractivity contribution in [3.63, 3.8) is 0 Å². The molecule has 0 fully saturated rings. The number of anilines is 1. The van der Waals surface area contributed by atoms with Crippen LogP contribution in [0.1, 0.15) is 0 Å². The molecule has 0 amide bonds. The highest BCUT2D eigenvalue weighted by atomic mass is 35.5. The molecule has 0 saturated heterocycles. The molecule has 6 heteroatoms. The monoisotopic (exact) mass is 224 g/mol. The van der Waals surface area contributed by atoms with Crippen molar-refractivity contribution < 1.29 is 4.73 Å². The number of hydrazine groups is 1. The highest BCUT2D eigenvalue weighted by Crippen LogP contribution is 2.16. The fourth-order valence-corrected chi connectivity index (χ4v) is 1.44. The van der Waals surface area contributed by atoms with Crippen LogP contribution in [0.5, 0.6) is 0 Å². The lowest BCUT2D eigenvalue weighted by atomic mass is 10.3. The van der Waals surface area contributed by atoms with E-state index in [9.17, 15) is 5.21 Å².